The third-order valence-electron chi connectivity index (χ3n) is 3.06. The molecule has 0 aliphatic heterocycles. The van der Waals surface area contributed by atoms with E-state index in [2.05, 4.69) is 4.98 Å². The molecule has 0 bridgehead atoms. The van der Waals surface area contributed by atoms with E-state index >= 15 is 0 Å². The van der Waals surface area contributed by atoms with Gasteiger partial charge in [-0.1, -0.05) is 35.3 Å². The van der Waals surface area contributed by atoms with Crippen LogP contribution in [-0.2, 0) is 6.54 Å². The van der Waals surface area contributed by atoms with Crippen LogP contribution in [0.3, 0.4) is 0 Å². The quantitative estimate of drug-likeness (QED) is 0.874. The topological polar surface area (TPSA) is 59.2 Å². The first-order valence-electron chi connectivity index (χ1n) is 6.46. The van der Waals surface area contributed by atoms with Crippen LogP contribution in [0.15, 0.2) is 36.5 Å². The predicted molar refractivity (Wildman–Crippen MR) is 85.5 cm³/mol. The average molecular weight is 324 g/mol. The third kappa shape index (κ3) is 3.86. The lowest BCUT2D eigenvalue weighted by molar-refractivity contribution is 0.0753. The minimum Gasteiger partial charge on any atom is -0.397 e. The molecule has 21 heavy (non-hydrogen) atoms. The molecule has 0 spiro atoms. The molecule has 0 atom stereocenters. The van der Waals surface area contributed by atoms with Gasteiger partial charge in [-0.15, -0.1) is 0 Å². The summed E-state index contributed by atoms with van der Waals surface area (Å²) >= 11 is 11.8. The Kier molecular flexibility index (Phi) is 5.04. The van der Waals surface area contributed by atoms with Gasteiger partial charge in [-0.2, -0.15) is 0 Å². The van der Waals surface area contributed by atoms with Gasteiger partial charge in [0.1, 0.15) is 5.15 Å². The van der Waals surface area contributed by atoms with E-state index in [9.17, 15) is 4.79 Å². The standard InChI is InChI=1S/C15H15Cl2N3O/c1-2-20(9-10-4-3-5-11(16)6-10)15(21)12-7-14(17)19-8-13(12)18/h3-8H,2,9,18H2,1H3. The first-order valence-corrected chi connectivity index (χ1v) is 7.21. The highest BCUT2D eigenvalue weighted by molar-refractivity contribution is 6.30. The molecule has 1 aromatic heterocycles. The van der Waals surface area contributed by atoms with Crippen molar-refractivity contribution in [1.82, 2.24) is 9.88 Å². The van der Waals surface area contributed by atoms with Gasteiger partial charge in [-0.25, -0.2) is 4.98 Å². The van der Waals surface area contributed by atoms with Crippen LogP contribution in [0.4, 0.5) is 5.69 Å². The molecule has 0 aliphatic carbocycles. The maximum atomic E-state index is 12.6. The Balaban J connectivity index is 2.24. The molecule has 110 valence electrons. The van der Waals surface area contributed by atoms with Crippen molar-refractivity contribution in [3.05, 3.63) is 57.8 Å². The fourth-order valence-electron chi connectivity index (χ4n) is 1.98. The molecule has 0 aliphatic rings. The highest BCUT2D eigenvalue weighted by Gasteiger charge is 2.18. The zero-order valence-corrected chi connectivity index (χ0v) is 13.0. The maximum absolute atomic E-state index is 12.6. The Morgan fingerprint density at radius 2 is 2.10 bits per heavy atom. The minimum atomic E-state index is -0.181. The Labute approximate surface area is 133 Å². The summed E-state index contributed by atoms with van der Waals surface area (Å²) in [5, 5.41) is 0.883. The number of nitrogens with two attached hydrogens (primary N) is 1. The minimum absolute atomic E-state index is 0.181. The maximum Gasteiger partial charge on any atom is 0.256 e. The third-order valence-corrected chi connectivity index (χ3v) is 3.51. The first-order chi connectivity index (χ1) is 10.0. The van der Waals surface area contributed by atoms with Gasteiger partial charge < -0.3 is 10.6 Å². The molecular weight excluding hydrogens is 309 g/mol. The van der Waals surface area contributed by atoms with E-state index in [-0.39, 0.29) is 11.1 Å². The summed E-state index contributed by atoms with van der Waals surface area (Å²) in [6, 6.07) is 8.89. The lowest BCUT2D eigenvalue weighted by atomic mass is 10.1. The summed E-state index contributed by atoms with van der Waals surface area (Å²) < 4.78 is 0. The number of halogens is 2. The molecule has 1 amide bonds. The highest BCUT2D eigenvalue weighted by Crippen LogP contribution is 2.19. The predicted octanol–water partition coefficient (Wildman–Crippen LogP) is 3.63. The Hall–Kier alpha value is -1.78. The SMILES string of the molecule is CCN(Cc1cccc(Cl)c1)C(=O)c1cc(Cl)ncc1N. The zero-order chi connectivity index (χ0) is 15.4. The van der Waals surface area contributed by atoms with Crippen LogP contribution in [-0.4, -0.2) is 22.3 Å². The van der Waals surface area contributed by atoms with Crippen molar-refractivity contribution < 1.29 is 4.79 Å². The van der Waals surface area contributed by atoms with Gasteiger partial charge in [0.25, 0.3) is 5.91 Å². The molecule has 6 heteroatoms. The number of carbonyl (C=O) groups excluding carboxylic acids is 1. The molecule has 2 aromatic rings. The van der Waals surface area contributed by atoms with Gasteiger partial charge in [-0.3, -0.25) is 4.79 Å². The summed E-state index contributed by atoms with van der Waals surface area (Å²) in [5.41, 5.74) is 7.44. The number of aromatic nitrogens is 1. The van der Waals surface area contributed by atoms with E-state index in [1.54, 1.807) is 11.0 Å². The van der Waals surface area contributed by atoms with Gasteiger partial charge in [-0.05, 0) is 30.7 Å². The molecule has 2 rings (SSSR count). The van der Waals surface area contributed by atoms with Crippen molar-refractivity contribution in [2.24, 2.45) is 0 Å². The fraction of sp³-hybridized carbons (Fsp3) is 0.200. The first kappa shape index (κ1) is 15.6. The normalized spacial score (nSPS) is 10.4. The molecular formula is C15H15Cl2N3O. The summed E-state index contributed by atoms with van der Waals surface area (Å²) in [4.78, 5) is 18.1. The number of pyridine rings is 1. The number of rotatable bonds is 4. The van der Waals surface area contributed by atoms with Crippen LogP contribution in [0.2, 0.25) is 10.2 Å². The Bertz CT molecular complexity index is 661. The largest absolute Gasteiger partial charge is 0.397 e. The number of carbonyl (C=O) groups is 1. The second-order valence-corrected chi connectivity index (χ2v) is 5.37. The van der Waals surface area contributed by atoms with Crippen LogP contribution >= 0.6 is 23.2 Å². The van der Waals surface area contributed by atoms with Crippen LogP contribution in [0.5, 0.6) is 0 Å². The van der Waals surface area contributed by atoms with Crippen LogP contribution in [0.1, 0.15) is 22.8 Å². The Morgan fingerprint density at radius 3 is 2.76 bits per heavy atom. The summed E-state index contributed by atoms with van der Waals surface area (Å²) in [6.45, 7) is 2.90. The Morgan fingerprint density at radius 1 is 1.33 bits per heavy atom. The van der Waals surface area contributed by atoms with Gasteiger partial charge in [0.05, 0.1) is 17.4 Å². The number of hydrogen-bond acceptors (Lipinski definition) is 3. The summed E-state index contributed by atoms with van der Waals surface area (Å²) in [5.74, 6) is -0.181. The molecule has 0 unspecified atom stereocenters. The summed E-state index contributed by atoms with van der Waals surface area (Å²) in [7, 11) is 0. The van der Waals surface area contributed by atoms with Crippen LogP contribution in [0.25, 0.3) is 0 Å². The van der Waals surface area contributed by atoms with Gasteiger partial charge in [0.15, 0.2) is 0 Å². The van der Waals surface area contributed by atoms with Gasteiger partial charge in [0, 0.05) is 18.1 Å². The fourth-order valence-corrected chi connectivity index (χ4v) is 2.35. The van der Waals surface area contributed by atoms with E-state index < -0.39 is 0 Å². The molecule has 0 saturated heterocycles. The van der Waals surface area contributed by atoms with E-state index in [4.69, 9.17) is 28.9 Å². The number of benzene rings is 1. The number of amides is 1. The van der Waals surface area contributed by atoms with Crippen LogP contribution < -0.4 is 5.73 Å². The molecule has 2 N–H and O–H groups in total. The molecule has 4 nitrogen and oxygen atoms in total. The zero-order valence-electron chi connectivity index (χ0n) is 11.5. The van der Waals surface area contributed by atoms with Crippen LogP contribution in [0, 0.1) is 0 Å². The smallest absolute Gasteiger partial charge is 0.256 e. The molecule has 0 saturated carbocycles. The molecule has 0 radical (unpaired) electrons. The van der Waals surface area contributed by atoms with Crippen molar-refractivity contribution >= 4 is 34.8 Å². The monoisotopic (exact) mass is 323 g/mol. The van der Waals surface area contributed by atoms with Gasteiger partial charge in [0.2, 0.25) is 0 Å². The molecule has 1 aromatic carbocycles. The number of nitrogen functional groups attached to an aromatic ring is 1. The van der Waals surface area contributed by atoms with E-state index in [1.165, 1.54) is 12.3 Å². The summed E-state index contributed by atoms with van der Waals surface area (Å²) in [6.07, 6.45) is 1.39. The van der Waals surface area contributed by atoms with Crippen molar-refractivity contribution in [3.8, 4) is 0 Å². The lowest BCUT2D eigenvalue weighted by Crippen LogP contribution is -2.31. The molecule has 1 heterocycles. The van der Waals surface area contributed by atoms with E-state index in [1.807, 2.05) is 25.1 Å². The van der Waals surface area contributed by atoms with Crippen molar-refractivity contribution in [1.29, 1.82) is 0 Å². The van der Waals surface area contributed by atoms with Gasteiger partial charge >= 0.3 is 0 Å². The average Bonchev–Trinajstić information content (AvgIpc) is 2.46. The van der Waals surface area contributed by atoms with Crippen molar-refractivity contribution in [3.63, 3.8) is 0 Å². The second-order valence-electron chi connectivity index (χ2n) is 4.54. The lowest BCUT2D eigenvalue weighted by Gasteiger charge is -2.22. The second kappa shape index (κ2) is 6.78. The number of hydrogen-bond donors (Lipinski definition) is 1. The highest BCUT2D eigenvalue weighted by atomic mass is 35.5. The number of nitrogens with zero attached hydrogens (tertiary/aromatic N) is 2. The number of anilines is 1. The van der Waals surface area contributed by atoms with Crippen molar-refractivity contribution in [2.75, 3.05) is 12.3 Å². The van der Waals surface area contributed by atoms with Crippen molar-refractivity contribution in [2.45, 2.75) is 13.5 Å². The molecule has 0 fully saturated rings. The van der Waals surface area contributed by atoms with E-state index in [0.717, 1.165) is 5.56 Å². The van der Waals surface area contributed by atoms with E-state index in [0.29, 0.717) is 29.4 Å².